The van der Waals surface area contributed by atoms with Crippen LogP contribution in [0.5, 0.6) is 0 Å². The zero-order chi connectivity index (χ0) is 21.8. The summed E-state index contributed by atoms with van der Waals surface area (Å²) in [4.78, 5) is 9.62. The maximum Gasteiger partial charge on any atom is 0.176 e. The molecule has 31 heavy (non-hydrogen) atoms. The number of hydrogen-bond donors (Lipinski definition) is 1. The molecule has 6 nitrogen and oxygen atoms in total. The van der Waals surface area contributed by atoms with Gasteiger partial charge in [0.1, 0.15) is 0 Å². The largest absolute Gasteiger partial charge is 0.399 e. The van der Waals surface area contributed by atoms with Gasteiger partial charge in [-0.15, -0.1) is 0 Å². The lowest BCUT2D eigenvalue weighted by atomic mass is 10.0. The summed E-state index contributed by atoms with van der Waals surface area (Å²) in [5, 5.41) is 1.15. The topological polar surface area (TPSA) is 90.9 Å². The number of aryl methyl sites for hydroxylation is 1. The zero-order valence-electron chi connectivity index (χ0n) is 17.1. The Hall–Kier alpha value is -3.71. The minimum atomic E-state index is -3.42. The predicted molar refractivity (Wildman–Crippen MR) is 124 cm³/mol. The van der Waals surface area contributed by atoms with Crippen molar-refractivity contribution in [3.05, 3.63) is 73.1 Å². The molecule has 0 fully saturated rings. The summed E-state index contributed by atoms with van der Waals surface area (Å²) < 4.78 is 26.6. The van der Waals surface area contributed by atoms with Gasteiger partial charge in [-0.1, -0.05) is 30.3 Å². The van der Waals surface area contributed by atoms with Gasteiger partial charge in [-0.2, -0.15) is 0 Å². The average Bonchev–Trinajstić information content (AvgIpc) is 3.12. The first-order valence-electron chi connectivity index (χ1n) is 9.72. The summed E-state index contributed by atoms with van der Waals surface area (Å²) in [6.45, 7) is 0. The molecule has 0 aliphatic carbocycles. The van der Waals surface area contributed by atoms with Crippen LogP contribution in [0, 0.1) is 0 Å². The van der Waals surface area contributed by atoms with Crippen LogP contribution in [-0.2, 0) is 16.9 Å². The Morgan fingerprint density at radius 1 is 0.968 bits per heavy atom. The van der Waals surface area contributed by atoms with Crippen LogP contribution in [0.1, 0.15) is 0 Å². The van der Waals surface area contributed by atoms with E-state index in [-0.39, 0.29) is 4.90 Å². The summed E-state index contributed by atoms with van der Waals surface area (Å²) in [5.74, 6) is 0. The molecule has 0 saturated carbocycles. The number of sulfone groups is 1. The average molecular weight is 429 g/mol. The molecule has 0 aliphatic heterocycles. The fraction of sp³-hybridized carbons (Fsp3) is 0.0833. The fourth-order valence-electron chi connectivity index (χ4n) is 3.92. The lowest BCUT2D eigenvalue weighted by molar-refractivity contribution is 0.602. The zero-order valence-corrected chi connectivity index (χ0v) is 17.9. The maximum atomic E-state index is 12.3. The van der Waals surface area contributed by atoms with Crippen LogP contribution >= 0.6 is 0 Å². The third kappa shape index (κ3) is 3.33. The van der Waals surface area contributed by atoms with Crippen LogP contribution in [0.4, 0.5) is 5.69 Å². The minimum Gasteiger partial charge on any atom is -0.399 e. The van der Waals surface area contributed by atoms with E-state index < -0.39 is 9.84 Å². The number of hydrogen-bond acceptors (Lipinski definition) is 5. The molecule has 0 radical (unpaired) electrons. The lowest BCUT2D eigenvalue weighted by Gasteiger charge is -2.12. The number of nitrogens with two attached hydrogens (primary N) is 1. The molecule has 0 bridgehead atoms. The molecule has 5 aromatic rings. The van der Waals surface area contributed by atoms with Crippen LogP contribution < -0.4 is 5.73 Å². The van der Waals surface area contributed by atoms with Gasteiger partial charge >= 0.3 is 0 Å². The number of benzene rings is 3. The molecule has 3 aromatic carbocycles. The first-order valence-corrected chi connectivity index (χ1v) is 11.6. The van der Waals surface area contributed by atoms with Crippen molar-refractivity contribution in [3.8, 4) is 22.4 Å². The predicted octanol–water partition coefficient (Wildman–Crippen LogP) is 4.44. The van der Waals surface area contributed by atoms with Gasteiger partial charge < -0.3 is 10.3 Å². The van der Waals surface area contributed by atoms with Crippen molar-refractivity contribution in [3.63, 3.8) is 0 Å². The van der Waals surface area contributed by atoms with Crippen molar-refractivity contribution in [2.24, 2.45) is 7.05 Å². The van der Waals surface area contributed by atoms with Crippen molar-refractivity contribution in [2.75, 3.05) is 12.0 Å². The normalized spacial score (nSPS) is 11.9. The quantitative estimate of drug-likeness (QED) is 0.429. The molecule has 7 heteroatoms. The highest BCUT2D eigenvalue weighted by atomic mass is 32.2. The second kappa shape index (κ2) is 6.92. The van der Waals surface area contributed by atoms with Gasteiger partial charge in [0.15, 0.2) is 9.84 Å². The van der Waals surface area contributed by atoms with Crippen molar-refractivity contribution in [2.45, 2.75) is 4.90 Å². The molecule has 2 N–H and O–H groups in total. The third-order valence-corrected chi connectivity index (χ3v) is 6.59. The molecule has 2 aromatic heterocycles. The van der Waals surface area contributed by atoms with E-state index in [9.17, 15) is 8.42 Å². The Kier molecular flexibility index (Phi) is 4.30. The van der Waals surface area contributed by atoms with Crippen molar-refractivity contribution in [1.29, 1.82) is 0 Å². The van der Waals surface area contributed by atoms with E-state index in [1.165, 1.54) is 6.26 Å². The van der Waals surface area contributed by atoms with E-state index in [2.05, 4.69) is 27.8 Å². The third-order valence-electron chi connectivity index (χ3n) is 5.43. The summed E-state index contributed by atoms with van der Waals surface area (Å²) in [6, 6.07) is 18.8. The van der Waals surface area contributed by atoms with Gasteiger partial charge in [-0.05, 0) is 41.3 Å². The Balaban J connectivity index is 1.78. The van der Waals surface area contributed by atoms with E-state index in [0.717, 1.165) is 22.0 Å². The number of rotatable bonds is 3. The SMILES string of the molecule is Cn1ccc2ccc(-c3cc(N)cc4ncc(-c5ccccc5S(C)(=O)=O)nc34)cc21. The standard InChI is InChI=1S/C24H20N4O2S/c1-28-10-9-15-7-8-16(11-22(15)28)19-12-17(25)13-20-24(19)27-21(14-26-20)18-5-3-4-6-23(18)31(2,29)30/h3-14H,25H2,1-2H3. The molecule has 5 rings (SSSR count). The van der Waals surface area contributed by atoms with Crippen LogP contribution in [0.15, 0.2) is 78.0 Å². The van der Waals surface area contributed by atoms with Crippen molar-refractivity contribution < 1.29 is 8.42 Å². The molecular weight excluding hydrogens is 408 g/mol. The molecule has 0 unspecified atom stereocenters. The highest BCUT2D eigenvalue weighted by Gasteiger charge is 2.17. The second-order valence-corrected chi connectivity index (χ2v) is 9.64. The van der Waals surface area contributed by atoms with E-state index in [1.54, 1.807) is 36.5 Å². The minimum absolute atomic E-state index is 0.228. The monoisotopic (exact) mass is 428 g/mol. The van der Waals surface area contributed by atoms with Gasteiger partial charge in [0.2, 0.25) is 0 Å². The van der Waals surface area contributed by atoms with Gasteiger partial charge in [-0.3, -0.25) is 4.98 Å². The number of nitrogens with zero attached hydrogens (tertiary/aromatic N) is 3. The van der Waals surface area contributed by atoms with Crippen molar-refractivity contribution in [1.82, 2.24) is 14.5 Å². The Morgan fingerprint density at radius 2 is 1.77 bits per heavy atom. The molecular formula is C24H20N4O2S. The summed E-state index contributed by atoms with van der Waals surface area (Å²) in [6.07, 6.45) is 4.81. The summed E-state index contributed by atoms with van der Waals surface area (Å²) in [7, 11) is -1.41. The van der Waals surface area contributed by atoms with E-state index >= 15 is 0 Å². The summed E-state index contributed by atoms with van der Waals surface area (Å²) >= 11 is 0. The smallest absolute Gasteiger partial charge is 0.176 e. The molecule has 0 aliphatic rings. The highest BCUT2D eigenvalue weighted by molar-refractivity contribution is 7.90. The van der Waals surface area contributed by atoms with Gasteiger partial charge in [0, 0.05) is 41.8 Å². The van der Waals surface area contributed by atoms with E-state index in [1.807, 2.05) is 25.4 Å². The number of anilines is 1. The highest BCUT2D eigenvalue weighted by Crippen LogP contribution is 2.34. The summed E-state index contributed by atoms with van der Waals surface area (Å²) in [5.41, 5.74) is 12.0. The molecule has 0 atom stereocenters. The molecule has 2 heterocycles. The van der Waals surface area contributed by atoms with Crippen LogP contribution in [-0.4, -0.2) is 29.2 Å². The fourth-order valence-corrected chi connectivity index (χ4v) is 4.82. The maximum absolute atomic E-state index is 12.3. The van der Waals surface area contributed by atoms with E-state index in [0.29, 0.717) is 28.0 Å². The molecule has 0 spiro atoms. The van der Waals surface area contributed by atoms with Crippen LogP contribution in [0.25, 0.3) is 44.3 Å². The molecule has 0 saturated heterocycles. The Labute approximate surface area is 179 Å². The van der Waals surface area contributed by atoms with Gasteiger partial charge in [-0.25, -0.2) is 13.4 Å². The van der Waals surface area contributed by atoms with E-state index in [4.69, 9.17) is 10.7 Å². The Morgan fingerprint density at radius 3 is 2.58 bits per heavy atom. The first-order chi connectivity index (χ1) is 14.8. The van der Waals surface area contributed by atoms with Crippen LogP contribution in [0.3, 0.4) is 0 Å². The number of aromatic nitrogens is 3. The first kappa shape index (κ1) is 19.3. The lowest BCUT2D eigenvalue weighted by Crippen LogP contribution is -2.01. The van der Waals surface area contributed by atoms with Gasteiger partial charge in [0.05, 0.1) is 27.8 Å². The van der Waals surface area contributed by atoms with Crippen molar-refractivity contribution >= 4 is 37.5 Å². The van der Waals surface area contributed by atoms with Crippen LogP contribution in [0.2, 0.25) is 0 Å². The van der Waals surface area contributed by atoms with Gasteiger partial charge in [0.25, 0.3) is 0 Å². The molecule has 0 amide bonds. The molecule has 154 valence electrons. The number of nitrogen functional groups attached to an aromatic ring is 1. The number of fused-ring (bicyclic) bond motifs is 2. The Bertz CT molecular complexity index is 1590. The second-order valence-electron chi connectivity index (χ2n) is 7.66.